The van der Waals surface area contributed by atoms with E-state index in [4.69, 9.17) is 4.98 Å². The van der Waals surface area contributed by atoms with Crippen molar-refractivity contribution in [3.63, 3.8) is 0 Å². The molecule has 1 aromatic carbocycles. The van der Waals surface area contributed by atoms with Gasteiger partial charge in [0.2, 0.25) is 5.91 Å². The first-order valence-corrected chi connectivity index (χ1v) is 10.9. The van der Waals surface area contributed by atoms with Crippen LogP contribution in [0.5, 0.6) is 0 Å². The van der Waals surface area contributed by atoms with Crippen LogP contribution in [0.1, 0.15) is 24.2 Å². The number of carbonyl (C=O) groups is 1. The van der Waals surface area contributed by atoms with E-state index in [-0.39, 0.29) is 11.8 Å². The summed E-state index contributed by atoms with van der Waals surface area (Å²) < 4.78 is 0. The number of rotatable bonds is 6. The Balaban J connectivity index is 1.27. The first kappa shape index (κ1) is 19.5. The summed E-state index contributed by atoms with van der Waals surface area (Å²) in [7, 11) is 0. The van der Waals surface area contributed by atoms with Crippen molar-refractivity contribution in [1.82, 2.24) is 20.5 Å². The zero-order chi connectivity index (χ0) is 20.1. The molecular formula is C22H25N5OS. The van der Waals surface area contributed by atoms with E-state index in [1.165, 1.54) is 0 Å². The molecule has 1 unspecified atom stereocenters. The number of aromatic nitrogens is 3. The van der Waals surface area contributed by atoms with Crippen molar-refractivity contribution < 1.29 is 4.79 Å². The summed E-state index contributed by atoms with van der Waals surface area (Å²) in [5, 5.41) is 14.6. The first-order valence-electron chi connectivity index (χ1n) is 10.0. The Labute approximate surface area is 175 Å². The molecule has 150 valence electrons. The molecule has 1 aliphatic rings. The number of hydrogen-bond donors (Lipinski definition) is 1. The number of nitrogens with zero attached hydrogens (tertiary/aromatic N) is 4. The quantitative estimate of drug-likeness (QED) is 0.677. The highest BCUT2D eigenvalue weighted by Gasteiger charge is 2.26. The Morgan fingerprint density at radius 3 is 2.86 bits per heavy atom. The second kappa shape index (κ2) is 9.13. The van der Waals surface area contributed by atoms with Crippen molar-refractivity contribution in [2.75, 3.05) is 24.5 Å². The predicted octanol–water partition coefficient (Wildman–Crippen LogP) is 3.48. The predicted molar refractivity (Wildman–Crippen MR) is 116 cm³/mol. The van der Waals surface area contributed by atoms with Gasteiger partial charge in [-0.3, -0.25) is 4.79 Å². The normalized spacial score (nSPS) is 16.6. The Kier molecular flexibility index (Phi) is 6.14. The average Bonchev–Trinajstić information content (AvgIpc) is 3.24. The van der Waals surface area contributed by atoms with Crippen molar-refractivity contribution in [3.8, 4) is 10.6 Å². The van der Waals surface area contributed by atoms with Crippen molar-refractivity contribution in [1.29, 1.82) is 0 Å². The zero-order valence-corrected chi connectivity index (χ0v) is 17.4. The first-order chi connectivity index (χ1) is 14.2. The number of carbonyl (C=O) groups excluding carboxylic acids is 1. The molecule has 0 radical (unpaired) electrons. The van der Waals surface area contributed by atoms with Gasteiger partial charge in [0.25, 0.3) is 0 Å². The fourth-order valence-electron chi connectivity index (χ4n) is 3.55. The Hall–Kier alpha value is -2.80. The number of aryl methyl sites for hydroxylation is 1. The van der Waals surface area contributed by atoms with Gasteiger partial charge in [-0.1, -0.05) is 30.3 Å². The largest absolute Gasteiger partial charge is 0.355 e. The molecule has 6 nitrogen and oxygen atoms in total. The van der Waals surface area contributed by atoms with Crippen molar-refractivity contribution in [2.45, 2.75) is 26.2 Å². The second-order valence-corrected chi connectivity index (χ2v) is 8.23. The van der Waals surface area contributed by atoms with Crippen LogP contribution in [0.25, 0.3) is 10.6 Å². The smallest absolute Gasteiger partial charge is 0.224 e. The molecule has 0 spiro atoms. The third-order valence-electron chi connectivity index (χ3n) is 5.15. The minimum absolute atomic E-state index is 0.0119. The fraction of sp³-hybridized carbons (Fsp3) is 0.364. The van der Waals surface area contributed by atoms with Crippen molar-refractivity contribution in [2.24, 2.45) is 5.92 Å². The lowest BCUT2D eigenvalue weighted by Crippen LogP contribution is -2.43. The van der Waals surface area contributed by atoms with Crippen LogP contribution in [0.4, 0.5) is 5.82 Å². The number of thiazole rings is 1. The molecule has 0 saturated carbocycles. The summed E-state index contributed by atoms with van der Waals surface area (Å²) in [5.74, 6) is 0.958. The Morgan fingerprint density at radius 2 is 2.07 bits per heavy atom. The standard InChI is InChI=1S/C22H25N5OS/c1-16-9-10-20(26-25-16)27-13-5-8-18(14-27)21(28)23-12-11-19-15-29-22(24-19)17-6-3-2-4-7-17/h2-4,6-7,9-10,15,18H,5,8,11-14H2,1H3,(H,23,28). The lowest BCUT2D eigenvalue weighted by molar-refractivity contribution is -0.125. The Bertz CT molecular complexity index is 941. The van der Waals surface area contributed by atoms with Crippen molar-refractivity contribution >= 4 is 23.1 Å². The molecule has 0 bridgehead atoms. The maximum atomic E-state index is 12.7. The summed E-state index contributed by atoms with van der Waals surface area (Å²) in [6.45, 7) is 4.15. The van der Waals surface area contributed by atoms with Gasteiger partial charge >= 0.3 is 0 Å². The van der Waals surface area contributed by atoms with E-state index in [0.717, 1.165) is 53.6 Å². The van der Waals surface area contributed by atoms with Gasteiger partial charge in [-0.2, -0.15) is 5.10 Å². The van der Waals surface area contributed by atoms with Crippen LogP contribution in [-0.2, 0) is 11.2 Å². The summed E-state index contributed by atoms with van der Waals surface area (Å²) in [4.78, 5) is 19.5. The zero-order valence-electron chi connectivity index (χ0n) is 16.5. The number of benzene rings is 1. The lowest BCUT2D eigenvalue weighted by Gasteiger charge is -2.32. The van der Waals surface area contributed by atoms with E-state index in [1.54, 1.807) is 11.3 Å². The van der Waals surface area contributed by atoms with E-state index in [1.807, 2.05) is 37.3 Å². The molecule has 2 aromatic heterocycles. The topological polar surface area (TPSA) is 71.0 Å². The summed E-state index contributed by atoms with van der Waals surface area (Å²) in [5.41, 5.74) is 3.06. The maximum Gasteiger partial charge on any atom is 0.224 e. The minimum Gasteiger partial charge on any atom is -0.355 e. The highest BCUT2D eigenvalue weighted by molar-refractivity contribution is 7.13. The van der Waals surface area contributed by atoms with Gasteiger partial charge in [-0.05, 0) is 31.9 Å². The van der Waals surface area contributed by atoms with E-state index >= 15 is 0 Å². The molecule has 4 rings (SSSR count). The van der Waals surface area contributed by atoms with Crippen LogP contribution < -0.4 is 10.2 Å². The van der Waals surface area contributed by atoms with Crippen molar-refractivity contribution in [3.05, 3.63) is 59.2 Å². The molecule has 0 aliphatic carbocycles. The summed E-state index contributed by atoms with van der Waals surface area (Å²) in [6.07, 6.45) is 2.64. The molecule has 3 aromatic rings. The van der Waals surface area contributed by atoms with Crippen LogP contribution in [0, 0.1) is 12.8 Å². The van der Waals surface area contributed by atoms with Gasteiger partial charge < -0.3 is 10.2 Å². The van der Waals surface area contributed by atoms with E-state index in [0.29, 0.717) is 13.1 Å². The number of hydrogen-bond acceptors (Lipinski definition) is 6. The van der Waals surface area contributed by atoms with E-state index in [2.05, 4.69) is 37.9 Å². The number of piperidine rings is 1. The van der Waals surface area contributed by atoms with Gasteiger partial charge in [-0.15, -0.1) is 16.4 Å². The maximum absolute atomic E-state index is 12.7. The van der Waals surface area contributed by atoms with Gasteiger partial charge in [0, 0.05) is 37.0 Å². The number of amides is 1. The monoisotopic (exact) mass is 407 g/mol. The van der Waals surface area contributed by atoms with Gasteiger partial charge in [0.1, 0.15) is 5.01 Å². The van der Waals surface area contributed by atoms with Gasteiger partial charge in [-0.25, -0.2) is 4.98 Å². The highest BCUT2D eigenvalue weighted by atomic mass is 32.1. The molecule has 1 fully saturated rings. The summed E-state index contributed by atoms with van der Waals surface area (Å²) in [6, 6.07) is 14.1. The van der Waals surface area contributed by atoms with Gasteiger partial charge in [0.05, 0.1) is 17.3 Å². The fourth-order valence-corrected chi connectivity index (χ4v) is 4.41. The molecule has 1 aliphatic heterocycles. The SMILES string of the molecule is Cc1ccc(N2CCCC(C(=O)NCCc3csc(-c4ccccc4)n3)C2)nn1. The molecule has 3 heterocycles. The molecule has 1 amide bonds. The number of anilines is 1. The number of nitrogens with one attached hydrogen (secondary N) is 1. The minimum atomic E-state index is -0.0119. The van der Waals surface area contributed by atoms with Crippen LogP contribution in [0.15, 0.2) is 47.8 Å². The highest BCUT2D eigenvalue weighted by Crippen LogP contribution is 2.24. The lowest BCUT2D eigenvalue weighted by atomic mass is 9.97. The van der Waals surface area contributed by atoms with E-state index in [9.17, 15) is 4.79 Å². The van der Waals surface area contributed by atoms with Gasteiger partial charge in [0.15, 0.2) is 5.82 Å². The molecule has 1 atom stereocenters. The van der Waals surface area contributed by atoms with E-state index < -0.39 is 0 Å². The second-order valence-electron chi connectivity index (χ2n) is 7.37. The molecule has 7 heteroatoms. The van der Waals surface area contributed by atoms with Crippen LogP contribution in [0.3, 0.4) is 0 Å². The Morgan fingerprint density at radius 1 is 1.21 bits per heavy atom. The van der Waals surface area contributed by atoms with Crippen LogP contribution in [-0.4, -0.2) is 40.7 Å². The third-order valence-corrected chi connectivity index (χ3v) is 6.09. The third kappa shape index (κ3) is 4.98. The average molecular weight is 408 g/mol. The molecule has 29 heavy (non-hydrogen) atoms. The molecule has 1 saturated heterocycles. The van der Waals surface area contributed by atoms with Crippen LogP contribution >= 0.6 is 11.3 Å². The van der Waals surface area contributed by atoms with Crippen LogP contribution in [0.2, 0.25) is 0 Å². The molecular weight excluding hydrogens is 382 g/mol. The summed E-state index contributed by atoms with van der Waals surface area (Å²) >= 11 is 1.65. The molecule has 1 N–H and O–H groups in total.